The van der Waals surface area contributed by atoms with Gasteiger partial charge in [0.15, 0.2) is 5.69 Å². The number of nitrogens with one attached hydrogen (secondary N) is 1. The minimum Gasteiger partial charge on any atom is -0.360 e. The second kappa shape index (κ2) is 4.78. The van der Waals surface area contributed by atoms with Crippen LogP contribution in [0, 0.1) is 0 Å². The van der Waals surface area contributed by atoms with Crippen LogP contribution in [0.25, 0.3) is 0 Å². The molecule has 88 valence electrons. The van der Waals surface area contributed by atoms with Gasteiger partial charge in [0.05, 0.1) is 0 Å². The summed E-state index contributed by atoms with van der Waals surface area (Å²) in [6.07, 6.45) is 3.84. The number of amides is 1. The van der Waals surface area contributed by atoms with E-state index >= 15 is 0 Å². The SMILES string of the molecule is CS(=O)CCNC(=O)c1cc(C2CC2)on1. The summed E-state index contributed by atoms with van der Waals surface area (Å²) >= 11 is 0. The largest absolute Gasteiger partial charge is 0.360 e. The molecule has 6 heteroatoms. The molecule has 1 aliphatic rings. The molecule has 0 aliphatic heterocycles. The van der Waals surface area contributed by atoms with Crippen molar-refractivity contribution in [3.63, 3.8) is 0 Å². The van der Waals surface area contributed by atoms with Crippen molar-refractivity contribution in [2.45, 2.75) is 18.8 Å². The van der Waals surface area contributed by atoms with Crippen LogP contribution in [-0.2, 0) is 10.8 Å². The van der Waals surface area contributed by atoms with Crippen LogP contribution >= 0.6 is 0 Å². The van der Waals surface area contributed by atoms with Gasteiger partial charge in [-0.2, -0.15) is 0 Å². The van der Waals surface area contributed by atoms with Gasteiger partial charge in [-0.3, -0.25) is 9.00 Å². The van der Waals surface area contributed by atoms with E-state index in [1.807, 2.05) is 0 Å². The second-order valence-corrected chi connectivity index (χ2v) is 5.48. The molecule has 0 aromatic carbocycles. The van der Waals surface area contributed by atoms with Gasteiger partial charge in [0.25, 0.3) is 5.91 Å². The Kier molecular flexibility index (Phi) is 3.38. The first-order chi connectivity index (χ1) is 7.66. The zero-order valence-electron chi connectivity index (χ0n) is 9.06. The Morgan fingerprint density at radius 3 is 3.06 bits per heavy atom. The Hall–Kier alpha value is -1.17. The third kappa shape index (κ3) is 2.91. The van der Waals surface area contributed by atoms with Gasteiger partial charge < -0.3 is 9.84 Å². The molecule has 1 aromatic rings. The standard InChI is InChI=1S/C10H14N2O3S/c1-16(14)5-4-11-10(13)8-6-9(15-12-8)7-2-3-7/h6-7H,2-5H2,1H3,(H,11,13). The van der Waals surface area contributed by atoms with Crippen molar-refractivity contribution in [1.29, 1.82) is 0 Å². The highest BCUT2D eigenvalue weighted by atomic mass is 32.2. The Morgan fingerprint density at radius 2 is 2.44 bits per heavy atom. The predicted octanol–water partition coefficient (Wildman–Crippen LogP) is 0.660. The molecular formula is C10H14N2O3S. The molecule has 1 saturated carbocycles. The quantitative estimate of drug-likeness (QED) is 0.823. The average molecular weight is 242 g/mol. The molecule has 0 spiro atoms. The lowest BCUT2D eigenvalue weighted by Crippen LogP contribution is -2.27. The lowest BCUT2D eigenvalue weighted by molar-refractivity contribution is 0.0947. The summed E-state index contributed by atoms with van der Waals surface area (Å²) in [5, 5.41) is 6.36. The van der Waals surface area contributed by atoms with Crippen molar-refractivity contribution in [2.24, 2.45) is 0 Å². The van der Waals surface area contributed by atoms with E-state index in [1.165, 1.54) is 0 Å². The number of carbonyl (C=O) groups excluding carboxylic acids is 1. The van der Waals surface area contributed by atoms with Crippen LogP contribution in [0.2, 0.25) is 0 Å². The molecule has 1 aliphatic carbocycles. The molecular weight excluding hydrogens is 228 g/mol. The third-order valence-corrected chi connectivity index (χ3v) is 3.19. The third-order valence-electron chi connectivity index (χ3n) is 2.42. The first kappa shape index (κ1) is 11.3. The van der Waals surface area contributed by atoms with Crippen LogP contribution in [0.1, 0.15) is 35.0 Å². The van der Waals surface area contributed by atoms with Crippen LogP contribution < -0.4 is 5.32 Å². The maximum absolute atomic E-state index is 11.5. The van der Waals surface area contributed by atoms with E-state index in [4.69, 9.17) is 4.52 Å². The van der Waals surface area contributed by atoms with Crippen molar-refractivity contribution in [1.82, 2.24) is 10.5 Å². The topological polar surface area (TPSA) is 72.2 Å². The van der Waals surface area contributed by atoms with Crippen molar-refractivity contribution < 1.29 is 13.5 Å². The molecule has 1 amide bonds. The Bertz CT molecular complexity index is 412. The van der Waals surface area contributed by atoms with Crippen LogP contribution in [-0.4, -0.2) is 33.8 Å². The van der Waals surface area contributed by atoms with E-state index in [9.17, 15) is 9.00 Å². The summed E-state index contributed by atoms with van der Waals surface area (Å²) in [6, 6.07) is 1.69. The van der Waals surface area contributed by atoms with Crippen LogP contribution in [0.4, 0.5) is 0 Å². The molecule has 1 heterocycles. The van der Waals surface area contributed by atoms with E-state index in [0.717, 1.165) is 18.6 Å². The fourth-order valence-corrected chi connectivity index (χ4v) is 1.74. The van der Waals surface area contributed by atoms with E-state index in [0.29, 0.717) is 23.9 Å². The average Bonchev–Trinajstić information content (AvgIpc) is 2.96. The highest BCUT2D eigenvalue weighted by Crippen LogP contribution is 2.40. The van der Waals surface area contributed by atoms with Gasteiger partial charge in [-0.15, -0.1) is 0 Å². The lowest BCUT2D eigenvalue weighted by Gasteiger charge is -1.99. The van der Waals surface area contributed by atoms with Crippen molar-refractivity contribution >= 4 is 16.7 Å². The summed E-state index contributed by atoms with van der Waals surface area (Å²) < 4.78 is 15.9. The fraction of sp³-hybridized carbons (Fsp3) is 0.600. The summed E-state index contributed by atoms with van der Waals surface area (Å²) in [5.74, 6) is 1.45. The van der Waals surface area contributed by atoms with E-state index in [2.05, 4.69) is 10.5 Å². The number of nitrogens with zero attached hydrogens (tertiary/aromatic N) is 1. The summed E-state index contributed by atoms with van der Waals surface area (Å²) in [5.41, 5.74) is 0.309. The Morgan fingerprint density at radius 1 is 1.69 bits per heavy atom. The van der Waals surface area contributed by atoms with Gasteiger partial charge in [-0.05, 0) is 12.8 Å². The van der Waals surface area contributed by atoms with Gasteiger partial charge in [0.2, 0.25) is 0 Å². The number of hydrogen-bond donors (Lipinski definition) is 1. The van der Waals surface area contributed by atoms with Crippen molar-refractivity contribution in [3.8, 4) is 0 Å². The van der Waals surface area contributed by atoms with E-state index in [1.54, 1.807) is 12.3 Å². The number of rotatable bonds is 5. The van der Waals surface area contributed by atoms with E-state index in [-0.39, 0.29) is 5.91 Å². The number of aromatic nitrogens is 1. The normalized spacial score (nSPS) is 17.1. The number of carbonyl (C=O) groups is 1. The summed E-state index contributed by atoms with van der Waals surface area (Å²) in [6.45, 7) is 0.396. The van der Waals surface area contributed by atoms with Gasteiger partial charge in [0.1, 0.15) is 5.76 Å². The molecule has 1 atom stereocenters. The van der Waals surface area contributed by atoms with Crippen LogP contribution in [0.5, 0.6) is 0 Å². The molecule has 1 unspecified atom stereocenters. The predicted molar refractivity (Wildman–Crippen MR) is 59.7 cm³/mol. The lowest BCUT2D eigenvalue weighted by atomic mass is 10.3. The van der Waals surface area contributed by atoms with Crippen molar-refractivity contribution in [3.05, 3.63) is 17.5 Å². The molecule has 1 fully saturated rings. The molecule has 0 radical (unpaired) electrons. The minimum absolute atomic E-state index is 0.263. The molecule has 1 N–H and O–H groups in total. The molecule has 5 nitrogen and oxygen atoms in total. The summed E-state index contributed by atoms with van der Waals surface area (Å²) in [7, 11) is -0.889. The first-order valence-electron chi connectivity index (χ1n) is 5.21. The molecule has 16 heavy (non-hydrogen) atoms. The Balaban J connectivity index is 1.85. The highest BCUT2D eigenvalue weighted by Gasteiger charge is 2.28. The zero-order valence-corrected chi connectivity index (χ0v) is 9.88. The monoisotopic (exact) mass is 242 g/mol. The van der Waals surface area contributed by atoms with Crippen LogP contribution in [0.15, 0.2) is 10.6 Å². The molecule has 2 rings (SSSR count). The molecule has 0 bridgehead atoms. The highest BCUT2D eigenvalue weighted by molar-refractivity contribution is 7.84. The maximum Gasteiger partial charge on any atom is 0.273 e. The smallest absolute Gasteiger partial charge is 0.273 e. The maximum atomic E-state index is 11.5. The molecule has 1 aromatic heterocycles. The van der Waals surface area contributed by atoms with Gasteiger partial charge in [-0.1, -0.05) is 5.16 Å². The van der Waals surface area contributed by atoms with Crippen molar-refractivity contribution in [2.75, 3.05) is 18.6 Å². The Labute approximate surface area is 96.0 Å². The zero-order chi connectivity index (χ0) is 11.5. The first-order valence-corrected chi connectivity index (χ1v) is 6.94. The van der Waals surface area contributed by atoms with Crippen LogP contribution in [0.3, 0.4) is 0 Å². The summed E-state index contributed by atoms with van der Waals surface area (Å²) in [4.78, 5) is 11.5. The van der Waals surface area contributed by atoms with E-state index < -0.39 is 10.8 Å². The molecule has 0 saturated heterocycles. The van der Waals surface area contributed by atoms with Gasteiger partial charge in [0, 0.05) is 41.3 Å². The number of hydrogen-bond acceptors (Lipinski definition) is 4. The second-order valence-electron chi connectivity index (χ2n) is 3.92. The minimum atomic E-state index is -0.889. The fourth-order valence-electron chi connectivity index (χ4n) is 1.36. The van der Waals surface area contributed by atoms with Gasteiger partial charge >= 0.3 is 0 Å². The van der Waals surface area contributed by atoms with Gasteiger partial charge in [-0.25, -0.2) is 0 Å².